The Labute approximate surface area is 195 Å². The standard InChI is InChI=1S/C27H22N2O5/c1-33-26(31)22(28-27(32)34-16-17-9-3-2-4-10-17)15-21-18-11-7-8-14-23(18)29-24(21)19-12-5-6-13-20(19)25(29)30/h2-14,22H,15-16H2,1H3,(H,28,32)/t22-/m0/s1. The molecule has 4 aromatic rings. The Morgan fingerprint density at radius 1 is 0.912 bits per heavy atom. The van der Waals surface area contributed by atoms with E-state index in [1.165, 1.54) is 7.11 Å². The Hall–Kier alpha value is -4.39. The molecule has 2 heterocycles. The SMILES string of the molecule is COC(=O)[C@H](Cc1c2n(c3ccccc13)C(=O)c1ccccc1-2)NC(=O)OCc1ccccc1. The second-order valence-electron chi connectivity index (χ2n) is 8.02. The monoisotopic (exact) mass is 454 g/mol. The molecule has 1 N–H and O–H groups in total. The van der Waals surface area contributed by atoms with Crippen LogP contribution in [0, 0.1) is 0 Å². The van der Waals surface area contributed by atoms with Gasteiger partial charge in [-0.1, -0.05) is 66.7 Å². The van der Waals surface area contributed by atoms with Gasteiger partial charge in [-0.25, -0.2) is 9.59 Å². The average molecular weight is 454 g/mol. The van der Waals surface area contributed by atoms with E-state index in [2.05, 4.69) is 5.32 Å². The van der Waals surface area contributed by atoms with E-state index >= 15 is 0 Å². The maximum atomic E-state index is 13.2. The molecule has 0 unspecified atom stereocenters. The van der Waals surface area contributed by atoms with Crippen molar-refractivity contribution in [2.24, 2.45) is 0 Å². The highest BCUT2D eigenvalue weighted by molar-refractivity contribution is 6.16. The lowest BCUT2D eigenvalue weighted by Gasteiger charge is -2.17. The Morgan fingerprint density at radius 3 is 2.35 bits per heavy atom. The number of benzene rings is 3. The minimum atomic E-state index is -0.994. The van der Waals surface area contributed by atoms with Crippen LogP contribution < -0.4 is 5.32 Å². The summed E-state index contributed by atoms with van der Waals surface area (Å²) in [4.78, 5) is 38.3. The number of rotatable bonds is 6. The van der Waals surface area contributed by atoms with Gasteiger partial charge in [0, 0.05) is 22.9 Å². The van der Waals surface area contributed by atoms with E-state index in [1.807, 2.05) is 72.8 Å². The highest BCUT2D eigenvalue weighted by Crippen LogP contribution is 2.41. The molecule has 0 saturated carbocycles. The molecule has 7 heteroatoms. The lowest BCUT2D eigenvalue weighted by molar-refractivity contribution is -0.142. The van der Waals surface area contributed by atoms with Crippen LogP contribution in [0.15, 0.2) is 78.9 Å². The summed E-state index contributed by atoms with van der Waals surface area (Å²) in [5, 5.41) is 3.48. The molecule has 0 spiro atoms. The zero-order valence-corrected chi connectivity index (χ0v) is 18.5. The summed E-state index contributed by atoms with van der Waals surface area (Å²) in [6.45, 7) is 0.0764. The summed E-state index contributed by atoms with van der Waals surface area (Å²) in [5.41, 5.74) is 4.51. The predicted molar refractivity (Wildman–Crippen MR) is 126 cm³/mol. The van der Waals surface area contributed by atoms with Crippen molar-refractivity contribution in [3.63, 3.8) is 0 Å². The van der Waals surface area contributed by atoms with Crippen molar-refractivity contribution in [3.8, 4) is 11.3 Å². The first-order valence-electron chi connectivity index (χ1n) is 10.9. The number of carbonyl (C=O) groups is 3. The highest BCUT2D eigenvalue weighted by atomic mass is 16.6. The number of aromatic nitrogens is 1. The van der Waals surface area contributed by atoms with Crippen molar-refractivity contribution in [1.29, 1.82) is 0 Å². The smallest absolute Gasteiger partial charge is 0.408 e. The van der Waals surface area contributed by atoms with Gasteiger partial charge < -0.3 is 14.8 Å². The molecule has 0 radical (unpaired) electrons. The zero-order chi connectivity index (χ0) is 23.7. The molecule has 34 heavy (non-hydrogen) atoms. The van der Waals surface area contributed by atoms with Crippen LogP contribution in [0.4, 0.5) is 4.79 Å². The molecule has 3 aromatic carbocycles. The first-order chi connectivity index (χ1) is 16.6. The number of alkyl carbamates (subject to hydrolysis) is 1. The number of nitrogens with one attached hydrogen (secondary N) is 1. The molecule has 170 valence electrons. The van der Waals surface area contributed by atoms with E-state index in [0.717, 1.165) is 33.3 Å². The maximum Gasteiger partial charge on any atom is 0.408 e. The molecule has 0 saturated heterocycles. The molecule has 0 bridgehead atoms. The minimum absolute atomic E-state index is 0.0764. The third-order valence-electron chi connectivity index (χ3n) is 5.99. The molecule has 5 rings (SSSR count). The molecule has 0 fully saturated rings. The number of esters is 1. The second kappa shape index (κ2) is 8.86. The van der Waals surface area contributed by atoms with Crippen molar-refractivity contribution in [2.75, 3.05) is 7.11 Å². The minimum Gasteiger partial charge on any atom is -0.467 e. The van der Waals surface area contributed by atoms with Gasteiger partial charge in [-0.15, -0.1) is 0 Å². The molecule has 1 amide bonds. The lowest BCUT2D eigenvalue weighted by atomic mass is 9.97. The van der Waals surface area contributed by atoms with Crippen LogP contribution in [-0.4, -0.2) is 35.7 Å². The Morgan fingerprint density at radius 2 is 1.59 bits per heavy atom. The second-order valence-corrected chi connectivity index (χ2v) is 8.02. The van der Waals surface area contributed by atoms with Crippen LogP contribution in [0.1, 0.15) is 21.5 Å². The van der Waals surface area contributed by atoms with E-state index in [4.69, 9.17) is 9.47 Å². The summed E-state index contributed by atoms with van der Waals surface area (Å²) < 4.78 is 12.0. The normalized spacial score (nSPS) is 12.7. The number of hydrogen-bond acceptors (Lipinski definition) is 5. The number of nitrogens with zero attached hydrogens (tertiary/aromatic N) is 1. The zero-order valence-electron chi connectivity index (χ0n) is 18.5. The van der Waals surface area contributed by atoms with E-state index in [9.17, 15) is 14.4 Å². The van der Waals surface area contributed by atoms with Gasteiger partial charge in [0.25, 0.3) is 5.91 Å². The van der Waals surface area contributed by atoms with E-state index < -0.39 is 18.1 Å². The molecule has 0 aliphatic carbocycles. The third kappa shape index (κ3) is 3.71. The van der Waals surface area contributed by atoms with E-state index in [1.54, 1.807) is 10.6 Å². The fourth-order valence-corrected chi connectivity index (χ4v) is 4.45. The summed E-state index contributed by atoms with van der Waals surface area (Å²) in [6.07, 6.45) is -0.590. The summed E-state index contributed by atoms with van der Waals surface area (Å²) in [5.74, 6) is -0.712. The lowest BCUT2D eigenvalue weighted by Crippen LogP contribution is -2.43. The van der Waals surface area contributed by atoms with Crippen LogP contribution in [-0.2, 0) is 27.3 Å². The number of ether oxygens (including phenoxy) is 2. The number of carbonyl (C=O) groups excluding carboxylic acids is 3. The van der Waals surface area contributed by atoms with Crippen molar-refractivity contribution in [3.05, 3.63) is 95.6 Å². The summed E-state index contributed by atoms with van der Waals surface area (Å²) >= 11 is 0. The van der Waals surface area contributed by atoms with Crippen LogP contribution >= 0.6 is 0 Å². The number of hydrogen-bond donors (Lipinski definition) is 1. The van der Waals surface area contributed by atoms with Crippen molar-refractivity contribution in [2.45, 2.75) is 19.1 Å². The molecule has 1 aliphatic rings. The number of para-hydroxylation sites is 1. The van der Waals surface area contributed by atoms with Gasteiger partial charge in [-0.2, -0.15) is 0 Å². The molecule has 7 nitrogen and oxygen atoms in total. The van der Waals surface area contributed by atoms with Gasteiger partial charge in [-0.05, 0) is 23.3 Å². The van der Waals surface area contributed by atoms with Crippen LogP contribution in [0.2, 0.25) is 0 Å². The first-order valence-corrected chi connectivity index (χ1v) is 10.9. The molecule has 1 aliphatic heterocycles. The van der Waals surface area contributed by atoms with Crippen LogP contribution in [0.3, 0.4) is 0 Å². The maximum absolute atomic E-state index is 13.2. The Kier molecular flexibility index (Phi) is 5.59. The summed E-state index contributed by atoms with van der Waals surface area (Å²) in [7, 11) is 1.27. The number of methoxy groups -OCH3 is 1. The molecule has 1 atom stereocenters. The van der Waals surface area contributed by atoms with E-state index in [0.29, 0.717) is 5.56 Å². The quantitative estimate of drug-likeness (QED) is 0.386. The fourth-order valence-electron chi connectivity index (χ4n) is 4.45. The topological polar surface area (TPSA) is 86.6 Å². The first kappa shape index (κ1) is 21.5. The predicted octanol–water partition coefficient (Wildman–Crippen LogP) is 4.32. The summed E-state index contributed by atoms with van der Waals surface area (Å²) in [6, 6.07) is 23.2. The van der Waals surface area contributed by atoms with Crippen molar-refractivity contribution >= 4 is 28.9 Å². The Balaban J connectivity index is 1.48. The highest BCUT2D eigenvalue weighted by Gasteiger charge is 2.34. The number of fused-ring (bicyclic) bond motifs is 5. The largest absolute Gasteiger partial charge is 0.467 e. The van der Waals surface area contributed by atoms with Gasteiger partial charge in [0.15, 0.2) is 0 Å². The van der Waals surface area contributed by atoms with Crippen molar-refractivity contribution in [1.82, 2.24) is 9.88 Å². The van der Waals surface area contributed by atoms with E-state index in [-0.39, 0.29) is 18.9 Å². The third-order valence-corrected chi connectivity index (χ3v) is 5.99. The van der Waals surface area contributed by atoms with Gasteiger partial charge in [-0.3, -0.25) is 9.36 Å². The van der Waals surface area contributed by atoms with Crippen LogP contribution in [0.25, 0.3) is 22.2 Å². The van der Waals surface area contributed by atoms with Gasteiger partial charge in [0.2, 0.25) is 0 Å². The van der Waals surface area contributed by atoms with Gasteiger partial charge in [0.1, 0.15) is 12.6 Å². The molecular weight excluding hydrogens is 432 g/mol. The Bertz CT molecular complexity index is 1410. The van der Waals surface area contributed by atoms with Crippen LogP contribution in [0.5, 0.6) is 0 Å². The number of amides is 1. The molecular formula is C27H22N2O5. The van der Waals surface area contributed by atoms with Crippen molar-refractivity contribution < 1.29 is 23.9 Å². The molecule has 1 aromatic heterocycles. The average Bonchev–Trinajstić information content (AvgIpc) is 3.36. The fraction of sp³-hybridized carbons (Fsp3) is 0.148. The van der Waals surface area contributed by atoms with Gasteiger partial charge in [0.05, 0.1) is 18.3 Å². The van der Waals surface area contributed by atoms with Gasteiger partial charge >= 0.3 is 12.1 Å².